The Bertz CT molecular complexity index is 323. The van der Waals surface area contributed by atoms with Crippen LogP contribution in [0.15, 0.2) is 18.3 Å². The minimum absolute atomic E-state index is 0.197. The maximum absolute atomic E-state index is 9.39. The Balaban J connectivity index is 2.80. The molecule has 4 heteroatoms. The van der Waals surface area contributed by atoms with Gasteiger partial charge >= 0.3 is 0 Å². The first kappa shape index (κ1) is 13.9. The Hall–Kier alpha value is -1.13. The predicted molar refractivity (Wildman–Crippen MR) is 69.1 cm³/mol. The van der Waals surface area contributed by atoms with Gasteiger partial charge in [-0.05, 0) is 39.3 Å². The summed E-state index contributed by atoms with van der Waals surface area (Å²) in [4.78, 5) is 6.42. The lowest BCUT2D eigenvalue weighted by Crippen LogP contribution is -2.32. The molecule has 0 saturated heterocycles. The molecule has 0 aliphatic carbocycles. The van der Waals surface area contributed by atoms with E-state index in [2.05, 4.69) is 23.7 Å². The quantitative estimate of drug-likeness (QED) is 0.792. The molecule has 0 aliphatic rings. The van der Waals surface area contributed by atoms with Gasteiger partial charge in [0.05, 0.1) is 23.7 Å². The fourth-order valence-corrected chi connectivity index (χ4v) is 1.74. The van der Waals surface area contributed by atoms with E-state index < -0.39 is 6.10 Å². The van der Waals surface area contributed by atoms with Crippen LogP contribution in [0.2, 0.25) is 0 Å². The van der Waals surface area contributed by atoms with E-state index in [1.165, 1.54) is 0 Å². The number of hydrogen-bond donors (Lipinski definition) is 2. The van der Waals surface area contributed by atoms with Crippen LogP contribution in [-0.4, -0.2) is 34.4 Å². The van der Waals surface area contributed by atoms with E-state index in [1.54, 1.807) is 13.1 Å². The Morgan fingerprint density at radius 1 is 1.29 bits per heavy atom. The van der Waals surface area contributed by atoms with Gasteiger partial charge in [-0.1, -0.05) is 0 Å². The molecule has 0 saturated carbocycles. The smallest absolute Gasteiger partial charge is 0.0931 e. The van der Waals surface area contributed by atoms with E-state index in [0.717, 1.165) is 18.7 Å². The average molecular weight is 238 g/mol. The van der Waals surface area contributed by atoms with E-state index in [9.17, 15) is 5.11 Å². The first-order valence-corrected chi connectivity index (χ1v) is 6.07. The van der Waals surface area contributed by atoms with E-state index >= 15 is 0 Å². The molecule has 0 radical (unpaired) electrons. The van der Waals surface area contributed by atoms with Gasteiger partial charge in [0, 0.05) is 19.2 Å². The largest absolute Gasteiger partial charge is 0.396 e. The van der Waals surface area contributed by atoms with E-state index in [-0.39, 0.29) is 6.61 Å². The number of aromatic nitrogens is 1. The van der Waals surface area contributed by atoms with Crippen molar-refractivity contribution in [2.24, 2.45) is 0 Å². The van der Waals surface area contributed by atoms with Crippen molar-refractivity contribution in [2.75, 3.05) is 18.1 Å². The summed E-state index contributed by atoms with van der Waals surface area (Å²) >= 11 is 0. The second-order valence-electron chi connectivity index (χ2n) is 4.48. The van der Waals surface area contributed by atoms with Crippen LogP contribution < -0.4 is 4.90 Å². The van der Waals surface area contributed by atoms with Crippen LogP contribution in [0.5, 0.6) is 0 Å². The van der Waals surface area contributed by atoms with Crippen molar-refractivity contribution in [2.45, 2.75) is 39.3 Å². The van der Waals surface area contributed by atoms with Gasteiger partial charge in [0.15, 0.2) is 0 Å². The molecule has 4 nitrogen and oxygen atoms in total. The van der Waals surface area contributed by atoms with Crippen molar-refractivity contribution in [1.82, 2.24) is 4.98 Å². The second-order valence-corrected chi connectivity index (χ2v) is 4.48. The summed E-state index contributed by atoms with van der Waals surface area (Å²) in [7, 11) is 0. The Morgan fingerprint density at radius 3 is 2.41 bits per heavy atom. The van der Waals surface area contributed by atoms with Crippen LogP contribution in [0.1, 0.15) is 39.0 Å². The van der Waals surface area contributed by atoms with Gasteiger partial charge in [-0.2, -0.15) is 0 Å². The Kier molecular flexibility index (Phi) is 5.38. The zero-order valence-electron chi connectivity index (χ0n) is 10.8. The van der Waals surface area contributed by atoms with Gasteiger partial charge in [-0.15, -0.1) is 0 Å². The first-order valence-electron chi connectivity index (χ1n) is 6.07. The molecule has 1 rings (SSSR count). The molecule has 1 aromatic rings. The van der Waals surface area contributed by atoms with E-state index in [0.29, 0.717) is 11.7 Å². The van der Waals surface area contributed by atoms with Crippen molar-refractivity contribution in [3.8, 4) is 0 Å². The highest BCUT2D eigenvalue weighted by atomic mass is 16.3. The number of hydrogen-bond acceptors (Lipinski definition) is 4. The number of aliphatic hydroxyl groups excluding tert-OH is 2. The van der Waals surface area contributed by atoms with Crippen molar-refractivity contribution >= 4 is 5.69 Å². The number of nitrogens with zero attached hydrogens (tertiary/aromatic N) is 2. The maximum atomic E-state index is 9.39. The highest BCUT2D eigenvalue weighted by Gasteiger charge is 2.11. The summed E-state index contributed by atoms with van der Waals surface area (Å²) in [5.74, 6) is 0. The van der Waals surface area contributed by atoms with Crippen LogP contribution in [0, 0.1) is 0 Å². The molecule has 2 N–H and O–H groups in total. The lowest BCUT2D eigenvalue weighted by atomic mass is 10.2. The van der Waals surface area contributed by atoms with Crippen molar-refractivity contribution in [1.29, 1.82) is 0 Å². The molecule has 0 amide bonds. The molecule has 96 valence electrons. The summed E-state index contributed by atoms with van der Waals surface area (Å²) in [5.41, 5.74) is 1.71. The molecule has 1 aromatic heterocycles. The van der Waals surface area contributed by atoms with Crippen LogP contribution in [0.4, 0.5) is 5.69 Å². The van der Waals surface area contributed by atoms with Crippen LogP contribution >= 0.6 is 0 Å². The van der Waals surface area contributed by atoms with Gasteiger partial charge in [-0.25, -0.2) is 0 Å². The summed E-state index contributed by atoms with van der Waals surface area (Å²) < 4.78 is 0. The van der Waals surface area contributed by atoms with E-state index in [4.69, 9.17) is 5.11 Å². The minimum atomic E-state index is -0.533. The molecular formula is C13H22N2O2. The molecule has 0 bridgehead atoms. The third-order valence-corrected chi connectivity index (χ3v) is 2.71. The van der Waals surface area contributed by atoms with Crippen molar-refractivity contribution < 1.29 is 10.2 Å². The minimum Gasteiger partial charge on any atom is -0.396 e. The zero-order chi connectivity index (χ0) is 12.8. The van der Waals surface area contributed by atoms with Crippen molar-refractivity contribution in [3.05, 3.63) is 24.0 Å². The molecule has 0 spiro atoms. The van der Waals surface area contributed by atoms with Crippen LogP contribution in [0.3, 0.4) is 0 Å². The number of anilines is 1. The van der Waals surface area contributed by atoms with Gasteiger partial charge in [0.2, 0.25) is 0 Å². The molecule has 0 aromatic carbocycles. The maximum Gasteiger partial charge on any atom is 0.0931 e. The molecular weight excluding hydrogens is 216 g/mol. The van der Waals surface area contributed by atoms with Gasteiger partial charge in [-0.3, -0.25) is 4.98 Å². The summed E-state index contributed by atoms with van der Waals surface area (Å²) in [5, 5.41) is 18.3. The van der Waals surface area contributed by atoms with Crippen molar-refractivity contribution in [3.63, 3.8) is 0 Å². The Morgan fingerprint density at radius 2 is 2.00 bits per heavy atom. The third kappa shape index (κ3) is 3.98. The topological polar surface area (TPSA) is 56.6 Å². The normalized spacial score (nSPS) is 12.8. The molecule has 0 fully saturated rings. The molecule has 1 heterocycles. The van der Waals surface area contributed by atoms with Gasteiger partial charge in [0.25, 0.3) is 0 Å². The molecule has 1 atom stereocenters. The van der Waals surface area contributed by atoms with Gasteiger partial charge in [0.1, 0.15) is 0 Å². The fourth-order valence-electron chi connectivity index (χ4n) is 1.74. The summed E-state index contributed by atoms with van der Waals surface area (Å²) in [6.45, 7) is 6.93. The SMILES string of the molecule is CC(O)c1ccc(N(CCCO)C(C)C)cn1. The Labute approximate surface area is 103 Å². The third-order valence-electron chi connectivity index (χ3n) is 2.71. The monoisotopic (exact) mass is 238 g/mol. The number of pyridine rings is 1. The van der Waals surface area contributed by atoms with E-state index in [1.807, 2.05) is 12.1 Å². The highest BCUT2D eigenvalue weighted by Crippen LogP contribution is 2.18. The lowest BCUT2D eigenvalue weighted by molar-refractivity contribution is 0.194. The zero-order valence-corrected chi connectivity index (χ0v) is 10.8. The standard InChI is InChI=1S/C13H22N2O2/c1-10(2)15(7-4-8-16)12-5-6-13(11(3)17)14-9-12/h5-6,9-11,16-17H,4,7-8H2,1-3H3. The number of aliphatic hydroxyl groups is 2. The highest BCUT2D eigenvalue weighted by molar-refractivity contribution is 5.45. The summed E-state index contributed by atoms with van der Waals surface area (Å²) in [6.07, 6.45) is 1.99. The average Bonchev–Trinajstić information content (AvgIpc) is 2.29. The molecule has 1 unspecified atom stereocenters. The summed E-state index contributed by atoms with van der Waals surface area (Å²) in [6, 6.07) is 4.17. The lowest BCUT2D eigenvalue weighted by Gasteiger charge is -2.28. The fraction of sp³-hybridized carbons (Fsp3) is 0.615. The number of rotatable bonds is 6. The van der Waals surface area contributed by atoms with Gasteiger partial charge < -0.3 is 15.1 Å². The second kappa shape index (κ2) is 6.57. The molecule has 17 heavy (non-hydrogen) atoms. The predicted octanol–water partition coefficient (Wildman–Crippen LogP) is 1.73. The molecule has 0 aliphatic heterocycles. The van der Waals surface area contributed by atoms with Crippen LogP contribution in [0.25, 0.3) is 0 Å². The first-order chi connectivity index (χ1) is 8.06. The van der Waals surface area contributed by atoms with Crippen LogP contribution in [-0.2, 0) is 0 Å².